The van der Waals surface area contributed by atoms with Crippen molar-refractivity contribution in [2.45, 2.75) is 24.7 Å². The first-order valence-corrected chi connectivity index (χ1v) is 12.4. The summed E-state index contributed by atoms with van der Waals surface area (Å²) in [6, 6.07) is 10.6. The summed E-state index contributed by atoms with van der Waals surface area (Å²) in [6.07, 6.45) is 0.565. The van der Waals surface area contributed by atoms with E-state index < -0.39 is 15.7 Å². The zero-order chi connectivity index (χ0) is 22.6. The quantitative estimate of drug-likeness (QED) is 0.450. The highest BCUT2D eigenvalue weighted by Crippen LogP contribution is 2.30. The smallest absolute Gasteiger partial charge is 0.229 e. The van der Waals surface area contributed by atoms with Crippen molar-refractivity contribution in [1.82, 2.24) is 9.88 Å². The summed E-state index contributed by atoms with van der Waals surface area (Å²) in [4.78, 5) is 21.3. The molecule has 0 aliphatic heterocycles. The molecule has 0 atom stereocenters. The predicted octanol–water partition coefficient (Wildman–Crippen LogP) is 3.89. The van der Waals surface area contributed by atoms with E-state index in [1.165, 1.54) is 23.5 Å². The van der Waals surface area contributed by atoms with Gasteiger partial charge in [-0.05, 0) is 75.9 Å². The SMILES string of the molecule is Cc1ccc2nc(N(CCCN(C)C)C(=O)CCS(=O)(=O)c3ccc(F)cc3)sc2c1. The minimum Gasteiger partial charge on any atom is -0.309 e. The van der Waals surface area contributed by atoms with Gasteiger partial charge in [0.2, 0.25) is 5.91 Å². The van der Waals surface area contributed by atoms with Crippen molar-refractivity contribution in [1.29, 1.82) is 0 Å². The number of anilines is 1. The second-order valence-electron chi connectivity index (χ2n) is 7.69. The molecular weight excluding hydrogens is 437 g/mol. The van der Waals surface area contributed by atoms with E-state index in [4.69, 9.17) is 0 Å². The topological polar surface area (TPSA) is 70.6 Å². The molecule has 9 heteroatoms. The lowest BCUT2D eigenvalue weighted by Gasteiger charge is -2.21. The summed E-state index contributed by atoms with van der Waals surface area (Å²) < 4.78 is 39.2. The van der Waals surface area contributed by atoms with Crippen LogP contribution in [-0.2, 0) is 14.6 Å². The molecule has 0 saturated heterocycles. The number of hydrogen-bond donors (Lipinski definition) is 0. The highest BCUT2D eigenvalue weighted by Gasteiger charge is 2.23. The Morgan fingerprint density at radius 2 is 1.81 bits per heavy atom. The summed E-state index contributed by atoms with van der Waals surface area (Å²) in [6.45, 7) is 3.24. The first-order valence-electron chi connectivity index (χ1n) is 9.96. The Balaban J connectivity index is 1.78. The van der Waals surface area contributed by atoms with Crippen LogP contribution < -0.4 is 4.90 Å². The number of thiazole rings is 1. The van der Waals surface area contributed by atoms with Crippen LogP contribution in [0.1, 0.15) is 18.4 Å². The fourth-order valence-electron chi connectivity index (χ4n) is 3.12. The summed E-state index contributed by atoms with van der Waals surface area (Å²) in [5.74, 6) is -1.14. The van der Waals surface area contributed by atoms with Crippen molar-refractivity contribution in [3.8, 4) is 0 Å². The van der Waals surface area contributed by atoms with Gasteiger partial charge in [-0.15, -0.1) is 0 Å². The number of sulfone groups is 1. The molecule has 0 N–H and O–H groups in total. The number of aryl methyl sites for hydroxylation is 1. The molecular formula is C22H26FN3O3S2. The van der Waals surface area contributed by atoms with Gasteiger partial charge in [0.25, 0.3) is 0 Å². The second-order valence-corrected chi connectivity index (χ2v) is 10.8. The van der Waals surface area contributed by atoms with Crippen LogP contribution in [0.5, 0.6) is 0 Å². The average molecular weight is 464 g/mol. The molecule has 166 valence electrons. The van der Waals surface area contributed by atoms with Crippen molar-refractivity contribution >= 4 is 42.4 Å². The van der Waals surface area contributed by atoms with E-state index in [1.54, 1.807) is 4.90 Å². The first-order chi connectivity index (χ1) is 14.7. The van der Waals surface area contributed by atoms with Crippen LogP contribution in [0.3, 0.4) is 0 Å². The van der Waals surface area contributed by atoms with Crippen molar-refractivity contribution < 1.29 is 17.6 Å². The van der Waals surface area contributed by atoms with E-state index in [0.29, 0.717) is 11.7 Å². The molecule has 1 aromatic heterocycles. The van der Waals surface area contributed by atoms with Gasteiger partial charge in [-0.3, -0.25) is 9.69 Å². The normalized spacial score (nSPS) is 11.9. The fourth-order valence-corrected chi connectivity index (χ4v) is 5.46. The lowest BCUT2D eigenvalue weighted by molar-refractivity contribution is -0.118. The van der Waals surface area contributed by atoms with Crippen LogP contribution in [0, 0.1) is 12.7 Å². The van der Waals surface area contributed by atoms with E-state index in [2.05, 4.69) is 4.98 Å². The summed E-state index contributed by atoms with van der Waals surface area (Å²) in [5.41, 5.74) is 1.92. The molecule has 0 saturated carbocycles. The van der Waals surface area contributed by atoms with Gasteiger partial charge in [-0.1, -0.05) is 17.4 Å². The third-order valence-electron chi connectivity index (χ3n) is 4.81. The Morgan fingerprint density at radius 1 is 1.10 bits per heavy atom. The molecule has 1 amide bonds. The van der Waals surface area contributed by atoms with E-state index in [0.717, 1.165) is 40.9 Å². The number of rotatable bonds is 9. The number of aromatic nitrogens is 1. The molecule has 0 unspecified atom stereocenters. The van der Waals surface area contributed by atoms with Gasteiger partial charge >= 0.3 is 0 Å². The third-order valence-corrected chi connectivity index (χ3v) is 7.58. The fraction of sp³-hybridized carbons (Fsp3) is 0.364. The van der Waals surface area contributed by atoms with Gasteiger partial charge in [0.05, 0.1) is 20.9 Å². The Hall–Kier alpha value is -2.36. The number of fused-ring (bicyclic) bond motifs is 1. The second kappa shape index (κ2) is 9.84. The monoisotopic (exact) mass is 463 g/mol. The zero-order valence-electron chi connectivity index (χ0n) is 17.8. The molecule has 2 aromatic carbocycles. The van der Waals surface area contributed by atoms with Crippen LogP contribution >= 0.6 is 11.3 Å². The van der Waals surface area contributed by atoms with Gasteiger partial charge in [0, 0.05) is 13.0 Å². The highest BCUT2D eigenvalue weighted by molar-refractivity contribution is 7.91. The maximum Gasteiger partial charge on any atom is 0.229 e. The van der Waals surface area contributed by atoms with Crippen molar-refractivity contribution in [3.05, 3.63) is 53.8 Å². The largest absolute Gasteiger partial charge is 0.309 e. The Labute approximate surface area is 186 Å². The maximum atomic E-state index is 13.1. The van der Waals surface area contributed by atoms with Crippen molar-refractivity contribution in [2.75, 3.05) is 37.8 Å². The number of benzene rings is 2. The first kappa shape index (κ1) is 23.3. The maximum absolute atomic E-state index is 13.1. The van der Waals surface area contributed by atoms with E-state index in [1.807, 2.05) is 44.1 Å². The van der Waals surface area contributed by atoms with Crippen LogP contribution in [-0.4, -0.2) is 57.1 Å². The zero-order valence-corrected chi connectivity index (χ0v) is 19.5. The van der Waals surface area contributed by atoms with Gasteiger partial charge in [-0.25, -0.2) is 17.8 Å². The summed E-state index contributed by atoms with van der Waals surface area (Å²) in [5, 5.41) is 0.573. The third kappa shape index (κ3) is 6.09. The van der Waals surface area contributed by atoms with Gasteiger partial charge in [-0.2, -0.15) is 0 Å². The molecule has 0 aliphatic carbocycles. The molecule has 0 fully saturated rings. The van der Waals surface area contributed by atoms with Crippen molar-refractivity contribution in [3.63, 3.8) is 0 Å². The van der Waals surface area contributed by atoms with Crippen LogP contribution in [0.15, 0.2) is 47.4 Å². The molecule has 0 spiro atoms. The van der Waals surface area contributed by atoms with Crippen LogP contribution in [0.2, 0.25) is 0 Å². The Morgan fingerprint density at radius 3 is 2.48 bits per heavy atom. The van der Waals surface area contributed by atoms with Gasteiger partial charge in [0.1, 0.15) is 5.82 Å². The predicted molar refractivity (Wildman–Crippen MR) is 123 cm³/mol. The summed E-state index contributed by atoms with van der Waals surface area (Å²) >= 11 is 1.43. The molecule has 0 aliphatic rings. The van der Waals surface area contributed by atoms with E-state index >= 15 is 0 Å². The van der Waals surface area contributed by atoms with Crippen LogP contribution in [0.25, 0.3) is 10.2 Å². The molecule has 0 bridgehead atoms. The number of nitrogens with zero attached hydrogens (tertiary/aromatic N) is 3. The van der Waals surface area contributed by atoms with E-state index in [-0.39, 0.29) is 23.0 Å². The van der Waals surface area contributed by atoms with Crippen molar-refractivity contribution in [2.24, 2.45) is 0 Å². The minimum atomic E-state index is -3.69. The van der Waals surface area contributed by atoms with E-state index in [9.17, 15) is 17.6 Å². The minimum absolute atomic E-state index is 0.0105. The molecule has 31 heavy (non-hydrogen) atoms. The number of carbonyl (C=O) groups excluding carboxylic acids is 1. The lowest BCUT2D eigenvalue weighted by atomic mass is 10.2. The highest BCUT2D eigenvalue weighted by atomic mass is 32.2. The standard InChI is InChI=1S/C22H26FN3O3S2/c1-16-5-10-19-20(15-16)30-22(24-19)26(13-4-12-25(2)3)21(27)11-14-31(28,29)18-8-6-17(23)7-9-18/h5-10,15H,4,11-14H2,1-3H3. The Kier molecular flexibility index (Phi) is 7.40. The molecule has 3 aromatic rings. The van der Waals surface area contributed by atoms with Gasteiger partial charge in [0.15, 0.2) is 15.0 Å². The number of amides is 1. The molecule has 6 nitrogen and oxygen atoms in total. The Bertz CT molecular complexity index is 1160. The molecule has 1 heterocycles. The number of hydrogen-bond acceptors (Lipinski definition) is 6. The molecule has 0 radical (unpaired) electrons. The average Bonchev–Trinajstić information content (AvgIpc) is 3.12. The lowest BCUT2D eigenvalue weighted by Crippen LogP contribution is -2.34. The number of carbonyl (C=O) groups is 1. The van der Waals surface area contributed by atoms with Crippen LogP contribution in [0.4, 0.5) is 9.52 Å². The summed E-state index contributed by atoms with van der Waals surface area (Å²) in [7, 11) is 0.229. The number of halogens is 1. The molecule has 3 rings (SSSR count). The van der Waals surface area contributed by atoms with Gasteiger partial charge < -0.3 is 4.90 Å².